The van der Waals surface area contributed by atoms with E-state index in [1.807, 2.05) is 30.3 Å². The third-order valence-corrected chi connectivity index (χ3v) is 16.9. The third-order valence-electron chi connectivity index (χ3n) is 10.3. The van der Waals surface area contributed by atoms with E-state index < -0.39 is 24.4 Å². The number of amides is 1. The molecule has 1 amide bonds. The van der Waals surface area contributed by atoms with Gasteiger partial charge in [-0.1, -0.05) is 52.8 Å². The molecule has 1 aliphatic heterocycles. The molecule has 2 heterocycles. The molecule has 0 radical (unpaired) electrons. The van der Waals surface area contributed by atoms with Crippen LogP contribution in [0.1, 0.15) is 72.0 Å². The van der Waals surface area contributed by atoms with Crippen molar-refractivity contribution in [1.82, 2.24) is 9.29 Å². The summed E-state index contributed by atoms with van der Waals surface area (Å²) in [6.45, 7) is 10.9. The fraction of sp³-hybridized carbons (Fsp3) is 0.643. The quantitative estimate of drug-likeness (QED) is 0.390. The number of aromatic nitrogens is 1. The van der Waals surface area contributed by atoms with E-state index in [9.17, 15) is 13.2 Å². The maximum Gasteiger partial charge on any atom is 0.239 e. The molecule has 5 rings (SSSR count). The van der Waals surface area contributed by atoms with Gasteiger partial charge in [0, 0.05) is 17.0 Å². The summed E-state index contributed by atoms with van der Waals surface area (Å²) >= 11 is 0. The van der Waals surface area contributed by atoms with Crippen molar-refractivity contribution in [1.29, 1.82) is 0 Å². The van der Waals surface area contributed by atoms with E-state index in [1.54, 1.807) is 6.20 Å². The summed E-state index contributed by atoms with van der Waals surface area (Å²) in [5.74, 6) is 0.271. The van der Waals surface area contributed by atoms with Crippen LogP contribution in [0.5, 0.6) is 0 Å². The average molecular weight is 529 g/mol. The number of sulfonamides is 1. The van der Waals surface area contributed by atoms with Gasteiger partial charge < -0.3 is 4.43 Å². The highest BCUT2D eigenvalue weighted by Gasteiger charge is 2.72. The lowest BCUT2D eigenvalue weighted by atomic mass is 9.69. The first kappa shape index (κ1) is 25.9. The van der Waals surface area contributed by atoms with Gasteiger partial charge in [0.25, 0.3) is 0 Å². The molecule has 0 N–H and O–H groups in total. The van der Waals surface area contributed by atoms with Gasteiger partial charge in [-0.3, -0.25) is 9.78 Å². The Kier molecular flexibility index (Phi) is 6.40. The molecule has 2 aliphatic carbocycles. The van der Waals surface area contributed by atoms with E-state index in [-0.39, 0.29) is 35.0 Å². The monoisotopic (exact) mass is 528 g/mol. The number of fused-ring (bicyclic) bond motifs is 2. The minimum Gasteiger partial charge on any atom is -0.409 e. The second kappa shape index (κ2) is 8.91. The predicted octanol–water partition coefficient (Wildman–Crippen LogP) is 6.05. The van der Waals surface area contributed by atoms with Gasteiger partial charge in [0.05, 0.1) is 29.8 Å². The van der Waals surface area contributed by atoms with Crippen molar-refractivity contribution < 1.29 is 17.6 Å². The van der Waals surface area contributed by atoms with Crippen LogP contribution in [-0.2, 0) is 19.2 Å². The lowest BCUT2D eigenvalue weighted by molar-refractivity contribution is -0.130. The number of nitrogens with zero attached hydrogens (tertiary/aromatic N) is 2. The van der Waals surface area contributed by atoms with Crippen LogP contribution in [0.4, 0.5) is 0 Å². The maximum atomic E-state index is 14.0. The number of hydrogen-bond donors (Lipinski definition) is 0. The topological polar surface area (TPSA) is 76.6 Å². The van der Waals surface area contributed by atoms with Crippen molar-refractivity contribution >= 4 is 35.2 Å². The summed E-state index contributed by atoms with van der Waals surface area (Å²) in [5, 5.41) is 1.03. The highest BCUT2D eigenvalue weighted by Crippen LogP contribution is 2.70. The molecule has 2 aromatic rings. The molecule has 8 heteroatoms. The highest BCUT2D eigenvalue weighted by atomic mass is 32.2. The fourth-order valence-corrected chi connectivity index (χ4v) is 13.1. The normalized spacial score (nSPS) is 29.0. The molecule has 1 aromatic heterocycles. The summed E-state index contributed by atoms with van der Waals surface area (Å²) in [4.78, 5) is 18.5. The van der Waals surface area contributed by atoms with E-state index in [0.29, 0.717) is 5.92 Å². The van der Waals surface area contributed by atoms with Gasteiger partial charge >= 0.3 is 0 Å². The summed E-state index contributed by atoms with van der Waals surface area (Å²) < 4.78 is 35.2. The van der Waals surface area contributed by atoms with Crippen LogP contribution < -0.4 is 0 Å². The summed E-state index contributed by atoms with van der Waals surface area (Å²) in [5.41, 5.74) is 1.38. The number of benzene rings is 1. The van der Waals surface area contributed by atoms with Gasteiger partial charge in [0.2, 0.25) is 15.9 Å². The molecule has 6 nitrogen and oxygen atoms in total. The van der Waals surface area contributed by atoms with Crippen LogP contribution in [0.2, 0.25) is 18.1 Å². The van der Waals surface area contributed by atoms with E-state index in [0.717, 1.165) is 53.9 Å². The third kappa shape index (κ3) is 3.78. The zero-order chi connectivity index (χ0) is 25.9. The van der Waals surface area contributed by atoms with E-state index in [4.69, 9.17) is 4.43 Å². The van der Waals surface area contributed by atoms with Crippen molar-refractivity contribution in [2.45, 2.75) is 90.6 Å². The number of hydrogen-bond acceptors (Lipinski definition) is 5. The minimum absolute atomic E-state index is 0.0456. The van der Waals surface area contributed by atoms with Crippen LogP contribution in [0.3, 0.4) is 0 Å². The molecule has 1 unspecified atom stereocenters. The molecule has 1 saturated heterocycles. The van der Waals surface area contributed by atoms with E-state index in [2.05, 4.69) is 39.6 Å². The molecule has 2 saturated carbocycles. The van der Waals surface area contributed by atoms with Gasteiger partial charge in [-0.15, -0.1) is 0 Å². The van der Waals surface area contributed by atoms with E-state index >= 15 is 0 Å². The molecule has 1 aromatic carbocycles. The lowest BCUT2D eigenvalue weighted by Crippen LogP contribution is -2.45. The zero-order valence-electron chi connectivity index (χ0n) is 22.3. The predicted molar refractivity (Wildman–Crippen MR) is 145 cm³/mol. The Labute approximate surface area is 217 Å². The Morgan fingerprint density at radius 3 is 2.58 bits per heavy atom. The SMILES string of the molecule is CC[Si](CC)(CC)O[C@@H](CC(=O)N1[C@@H]2CC3CC[C@]2(CS1(=O)=O)C3(C)C)c1ccc2cccnc2c1. The van der Waals surface area contributed by atoms with Gasteiger partial charge in [-0.2, -0.15) is 0 Å². The lowest BCUT2D eigenvalue weighted by Gasteiger charge is -2.37. The zero-order valence-corrected chi connectivity index (χ0v) is 24.1. The first-order valence-electron chi connectivity index (χ1n) is 13.6. The van der Waals surface area contributed by atoms with Gasteiger partial charge in [0.1, 0.15) is 0 Å². The van der Waals surface area contributed by atoms with Crippen LogP contribution >= 0.6 is 0 Å². The number of pyridine rings is 1. The minimum atomic E-state index is -3.66. The molecule has 4 atom stereocenters. The van der Waals surface area contributed by atoms with Crippen LogP contribution in [0, 0.1) is 16.7 Å². The second-order valence-corrected chi connectivity index (χ2v) is 18.4. The van der Waals surface area contributed by atoms with Gasteiger partial charge in [-0.05, 0) is 66.4 Å². The van der Waals surface area contributed by atoms with Crippen molar-refractivity contribution in [3.63, 3.8) is 0 Å². The Morgan fingerprint density at radius 1 is 1.19 bits per heavy atom. The van der Waals surface area contributed by atoms with Crippen LogP contribution in [0.25, 0.3) is 10.9 Å². The Bertz CT molecular complexity index is 1270. The first-order valence-corrected chi connectivity index (χ1v) is 17.7. The Balaban J connectivity index is 1.50. The largest absolute Gasteiger partial charge is 0.409 e. The van der Waals surface area contributed by atoms with Crippen molar-refractivity contribution in [2.75, 3.05) is 5.75 Å². The second-order valence-electron chi connectivity index (χ2n) is 11.8. The molecule has 1 spiro atoms. The Morgan fingerprint density at radius 2 is 1.92 bits per heavy atom. The molecular weight excluding hydrogens is 488 g/mol. The summed E-state index contributed by atoms with van der Waals surface area (Å²) in [6.07, 6.45) is 4.09. The molecule has 196 valence electrons. The maximum absolute atomic E-state index is 14.0. The standard InChI is InChI=1S/C28H40N2O4SSi/c1-6-36(7-2,8-3)34-24(21-12-11-20-10-9-15-29-23(20)16-21)18-26(31)30-25-17-22-13-14-28(25,27(22,4)5)19-35(30,32)33/h9-12,15-16,22,24-25H,6-8,13-14,17-19H2,1-5H3/t22?,24-,25+,28+/m0/s1. The van der Waals surface area contributed by atoms with Gasteiger partial charge in [-0.25, -0.2) is 12.7 Å². The average Bonchev–Trinajstić information content (AvgIpc) is 3.34. The van der Waals surface area contributed by atoms with Crippen molar-refractivity contribution in [3.05, 3.63) is 42.1 Å². The Hall–Kier alpha value is -1.77. The highest BCUT2D eigenvalue weighted by molar-refractivity contribution is 7.90. The molecule has 36 heavy (non-hydrogen) atoms. The van der Waals surface area contributed by atoms with Crippen LogP contribution in [-0.4, -0.2) is 43.7 Å². The van der Waals surface area contributed by atoms with Crippen molar-refractivity contribution in [3.8, 4) is 0 Å². The first-order chi connectivity index (χ1) is 17.0. The number of carbonyl (C=O) groups is 1. The molecule has 3 aliphatic rings. The van der Waals surface area contributed by atoms with E-state index in [1.165, 1.54) is 4.31 Å². The van der Waals surface area contributed by atoms with Crippen molar-refractivity contribution in [2.24, 2.45) is 16.7 Å². The molecule has 3 fully saturated rings. The van der Waals surface area contributed by atoms with Gasteiger partial charge in [0.15, 0.2) is 8.32 Å². The number of rotatable bonds is 8. The fourth-order valence-electron chi connectivity index (χ4n) is 7.68. The smallest absolute Gasteiger partial charge is 0.239 e. The molecular formula is C28H40N2O4SSi. The number of carbonyl (C=O) groups excluding carboxylic acids is 1. The summed E-state index contributed by atoms with van der Waals surface area (Å²) in [6, 6.07) is 12.6. The summed E-state index contributed by atoms with van der Waals surface area (Å²) in [7, 11) is -5.73. The molecule has 2 bridgehead atoms. The van der Waals surface area contributed by atoms with Crippen LogP contribution in [0.15, 0.2) is 36.5 Å².